The Hall–Kier alpha value is -0.840. The van der Waals surface area contributed by atoms with Gasteiger partial charge < -0.3 is 10.1 Å². The molecule has 0 amide bonds. The van der Waals surface area contributed by atoms with Crippen LogP contribution in [0.3, 0.4) is 0 Å². The first-order valence-electron chi connectivity index (χ1n) is 6.76. The van der Waals surface area contributed by atoms with Gasteiger partial charge in [0.05, 0.1) is 11.6 Å². The highest BCUT2D eigenvalue weighted by atomic mass is 79.9. The van der Waals surface area contributed by atoms with Crippen LogP contribution in [0.25, 0.3) is 0 Å². The Morgan fingerprint density at radius 1 is 1.05 bits per heavy atom. The van der Waals surface area contributed by atoms with Gasteiger partial charge in [-0.1, -0.05) is 34.1 Å². The second-order valence-electron chi connectivity index (χ2n) is 5.45. The average molecular weight is 413 g/mol. The monoisotopic (exact) mass is 411 g/mol. The molecule has 2 aromatic rings. The van der Waals surface area contributed by atoms with E-state index in [0.29, 0.717) is 0 Å². The molecule has 1 N–H and O–H groups in total. The highest BCUT2D eigenvalue weighted by molar-refractivity contribution is 9.10. The molecule has 2 rings (SSSR count). The lowest BCUT2D eigenvalue weighted by Crippen LogP contribution is -2.35. The summed E-state index contributed by atoms with van der Waals surface area (Å²) in [5, 5.41) is 3.60. The zero-order valence-electron chi connectivity index (χ0n) is 12.4. The first-order valence-corrected chi connectivity index (χ1v) is 8.34. The van der Waals surface area contributed by atoms with Gasteiger partial charge >= 0.3 is 0 Å². The summed E-state index contributed by atoms with van der Waals surface area (Å²) in [6.07, 6.45) is 0. The number of methoxy groups -OCH3 is 1. The van der Waals surface area contributed by atoms with Crippen molar-refractivity contribution in [3.8, 4) is 5.75 Å². The van der Waals surface area contributed by atoms with Crippen molar-refractivity contribution in [3.63, 3.8) is 0 Å². The zero-order valence-corrected chi connectivity index (χ0v) is 15.6. The minimum atomic E-state index is -0.0902. The van der Waals surface area contributed by atoms with E-state index in [1.165, 1.54) is 11.1 Å². The Labute approximate surface area is 143 Å². The van der Waals surface area contributed by atoms with Gasteiger partial charge in [-0.15, -0.1) is 0 Å². The summed E-state index contributed by atoms with van der Waals surface area (Å²) in [4.78, 5) is 0. The standard InChI is InChI=1S/C17H19Br2NO/c1-17(2,13-5-7-14(18)8-6-13)20-11-12-4-9-16(21-3)15(19)10-12/h4-10,20H,11H2,1-3H3. The molecule has 0 bridgehead atoms. The topological polar surface area (TPSA) is 21.3 Å². The normalized spacial score (nSPS) is 11.5. The van der Waals surface area contributed by atoms with Gasteiger partial charge in [-0.25, -0.2) is 0 Å². The average Bonchev–Trinajstić information content (AvgIpc) is 2.46. The molecule has 0 unspecified atom stereocenters. The Morgan fingerprint density at radius 3 is 2.29 bits per heavy atom. The van der Waals surface area contributed by atoms with Crippen LogP contribution in [0.1, 0.15) is 25.0 Å². The lowest BCUT2D eigenvalue weighted by Gasteiger charge is -2.27. The maximum absolute atomic E-state index is 5.25. The van der Waals surface area contributed by atoms with Crippen molar-refractivity contribution in [1.29, 1.82) is 0 Å². The summed E-state index contributed by atoms with van der Waals surface area (Å²) in [5.41, 5.74) is 2.39. The predicted octanol–water partition coefficient (Wildman–Crippen LogP) is 5.25. The van der Waals surface area contributed by atoms with Gasteiger partial charge in [-0.2, -0.15) is 0 Å². The van der Waals surface area contributed by atoms with Crippen LogP contribution in [0.15, 0.2) is 51.4 Å². The molecule has 0 aliphatic carbocycles. The smallest absolute Gasteiger partial charge is 0.133 e. The zero-order chi connectivity index (χ0) is 15.5. The predicted molar refractivity (Wildman–Crippen MR) is 94.7 cm³/mol. The molecule has 112 valence electrons. The van der Waals surface area contributed by atoms with Crippen LogP contribution < -0.4 is 10.1 Å². The van der Waals surface area contributed by atoms with Crippen LogP contribution >= 0.6 is 31.9 Å². The molecule has 0 aromatic heterocycles. The van der Waals surface area contributed by atoms with E-state index in [0.717, 1.165) is 21.2 Å². The SMILES string of the molecule is COc1ccc(CNC(C)(C)c2ccc(Br)cc2)cc1Br. The quantitative estimate of drug-likeness (QED) is 0.724. The summed E-state index contributed by atoms with van der Waals surface area (Å²) in [5.74, 6) is 0.853. The summed E-state index contributed by atoms with van der Waals surface area (Å²) in [6, 6.07) is 14.6. The second-order valence-corrected chi connectivity index (χ2v) is 7.22. The van der Waals surface area contributed by atoms with Crippen LogP contribution in [0.4, 0.5) is 0 Å². The third-order valence-electron chi connectivity index (χ3n) is 3.52. The molecule has 0 fully saturated rings. The summed E-state index contributed by atoms with van der Waals surface area (Å²) >= 11 is 6.99. The highest BCUT2D eigenvalue weighted by Gasteiger charge is 2.19. The summed E-state index contributed by atoms with van der Waals surface area (Å²) in [6.45, 7) is 5.18. The van der Waals surface area contributed by atoms with E-state index in [2.05, 4.69) is 87.4 Å². The number of rotatable bonds is 5. The first kappa shape index (κ1) is 16.5. The molecule has 0 heterocycles. The van der Waals surface area contributed by atoms with Crippen molar-refractivity contribution < 1.29 is 4.74 Å². The number of halogens is 2. The third kappa shape index (κ3) is 4.31. The van der Waals surface area contributed by atoms with E-state index in [1.807, 2.05) is 6.07 Å². The summed E-state index contributed by atoms with van der Waals surface area (Å²) < 4.78 is 7.33. The van der Waals surface area contributed by atoms with Crippen LogP contribution in [-0.2, 0) is 12.1 Å². The fourth-order valence-corrected chi connectivity index (χ4v) is 2.96. The molecule has 0 saturated heterocycles. The number of hydrogen-bond donors (Lipinski definition) is 1. The molecule has 0 radical (unpaired) electrons. The Balaban J connectivity index is 2.07. The van der Waals surface area contributed by atoms with Crippen LogP contribution in [0.5, 0.6) is 5.75 Å². The molecule has 0 spiro atoms. The van der Waals surface area contributed by atoms with E-state index >= 15 is 0 Å². The molecule has 0 aliphatic heterocycles. The Bertz CT molecular complexity index is 609. The molecule has 2 nitrogen and oxygen atoms in total. The molecular formula is C17H19Br2NO. The molecule has 21 heavy (non-hydrogen) atoms. The number of hydrogen-bond acceptors (Lipinski definition) is 2. The van der Waals surface area contributed by atoms with Gasteiger partial charge in [0.2, 0.25) is 0 Å². The maximum atomic E-state index is 5.25. The van der Waals surface area contributed by atoms with Gasteiger partial charge in [0.15, 0.2) is 0 Å². The van der Waals surface area contributed by atoms with E-state index in [9.17, 15) is 0 Å². The van der Waals surface area contributed by atoms with Gasteiger partial charge in [-0.3, -0.25) is 0 Å². The molecule has 2 aromatic carbocycles. The number of benzene rings is 2. The van der Waals surface area contributed by atoms with Crippen molar-refractivity contribution in [2.24, 2.45) is 0 Å². The van der Waals surface area contributed by atoms with Gasteiger partial charge in [0.1, 0.15) is 5.75 Å². The lowest BCUT2D eigenvalue weighted by molar-refractivity contribution is 0.399. The van der Waals surface area contributed by atoms with Gasteiger partial charge in [-0.05, 0) is 65.2 Å². The highest BCUT2D eigenvalue weighted by Crippen LogP contribution is 2.27. The van der Waals surface area contributed by atoms with Crippen molar-refractivity contribution in [2.75, 3.05) is 7.11 Å². The molecule has 0 atom stereocenters. The lowest BCUT2D eigenvalue weighted by atomic mass is 9.94. The Kier molecular flexibility index (Phi) is 5.47. The van der Waals surface area contributed by atoms with Gasteiger partial charge in [0, 0.05) is 16.6 Å². The molecule has 4 heteroatoms. The molecule has 0 saturated carbocycles. The first-order chi connectivity index (χ1) is 9.92. The minimum absolute atomic E-state index is 0.0902. The van der Waals surface area contributed by atoms with Crippen LogP contribution in [0, 0.1) is 0 Å². The van der Waals surface area contributed by atoms with E-state index in [4.69, 9.17) is 4.74 Å². The van der Waals surface area contributed by atoms with Crippen LogP contribution in [0.2, 0.25) is 0 Å². The minimum Gasteiger partial charge on any atom is -0.496 e. The van der Waals surface area contributed by atoms with Crippen molar-refractivity contribution in [2.45, 2.75) is 25.9 Å². The summed E-state index contributed by atoms with van der Waals surface area (Å²) in [7, 11) is 1.68. The molecular weight excluding hydrogens is 394 g/mol. The largest absolute Gasteiger partial charge is 0.496 e. The number of nitrogens with one attached hydrogen (secondary N) is 1. The number of ether oxygens (including phenoxy) is 1. The van der Waals surface area contributed by atoms with Gasteiger partial charge in [0.25, 0.3) is 0 Å². The van der Waals surface area contributed by atoms with Crippen LogP contribution in [-0.4, -0.2) is 7.11 Å². The van der Waals surface area contributed by atoms with Crippen molar-refractivity contribution >= 4 is 31.9 Å². The van der Waals surface area contributed by atoms with E-state index in [-0.39, 0.29) is 5.54 Å². The van der Waals surface area contributed by atoms with Crippen molar-refractivity contribution in [1.82, 2.24) is 5.32 Å². The fraction of sp³-hybridized carbons (Fsp3) is 0.294. The molecule has 0 aliphatic rings. The third-order valence-corrected chi connectivity index (χ3v) is 4.66. The van der Waals surface area contributed by atoms with Crippen molar-refractivity contribution in [3.05, 3.63) is 62.5 Å². The maximum Gasteiger partial charge on any atom is 0.133 e. The second kappa shape index (κ2) is 6.95. The Morgan fingerprint density at radius 2 is 1.71 bits per heavy atom. The van der Waals surface area contributed by atoms with E-state index in [1.54, 1.807) is 7.11 Å². The fourth-order valence-electron chi connectivity index (χ4n) is 2.11. The van der Waals surface area contributed by atoms with E-state index < -0.39 is 0 Å².